The SMILES string of the molecule is CCCOC(CC)[Si](OCC)(OCC)OC1CO1. The molecule has 0 aromatic carbocycles. The molecule has 2 unspecified atom stereocenters. The van der Waals surface area contributed by atoms with Crippen LogP contribution in [-0.4, -0.2) is 47.2 Å². The molecule has 0 amide bonds. The number of ether oxygens (including phenoxy) is 2. The van der Waals surface area contributed by atoms with Crippen LogP contribution in [0.15, 0.2) is 0 Å². The van der Waals surface area contributed by atoms with E-state index in [-0.39, 0.29) is 12.0 Å². The zero-order valence-corrected chi connectivity index (χ0v) is 12.9. The fourth-order valence-corrected chi connectivity index (χ4v) is 4.67. The Morgan fingerprint density at radius 3 is 2.17 bits per heavy atom. The second kappa shape index (κ2) is 8.24. The Labute approximate surface area is 111 Å². The van der Waals surface area contributed by atoms with E-state index in [0.29, 0.717) is 26.4 Å². The summed E-state index contributed by atoms with van der Waals surface area (Å²) in [4.78, 5) is 0. The zero-order valence-electron chi connectivity index (χ0n) is 11.9. The third-order valence-electron chi connectivity index (χ3n) is 2.58. The number of epoxide rings is 1. The van der Waals surface area contributed by atoms with Crippen molar-refractivity contribution in [1.82, 2.24) is 0 Å². The molecular weight excluding hydrogens is 252 g/mol. The van der Waals surface area contributed by atoms with Crippen molar-refractivity contribution in [2.45, 2.75) is 52.6 Å². The lowest BCUT2D eigenvalue weighted by Gasteiger charge is -2.34. The molecule has 1 heterocycles. The Morgan fingerprint density at radius 2 is 1.78 bits per heavy atom. The molecule has 0 spiro atoms. The van der Waals surface area contributed by atoms with E-state index in [0.717, 1.165) is 12.8 Å². The Morgan fingerprint density at radius 1 is 1.17 bits per heavy atom. The molecule has 0 bridgehead atoms. The largest absolute Gasteiger partial charge is 0.533 e. The van der Waals surface area contributed by atoms with Gasteiger partial charge in [0.15, 0.2) is 6.29 Å². The summed E-state index contributed by atoms with van der Waals surface area (Å²) in [5.74, 6) is 0. The van der Waals surface area contributed by atoms with Gasteiger partial charge in [0.1, 0.15) is 12.3 Å². The average Bonchev–Trinajstić information content (AvgIpc) is 3.14. The Balaban J connectivity index is 2.73. The van der Waals surface area contributed by atoms with Crippen LogP contribution in [0.25, 0.3) is 0 Å². The van der Waals surface area contributed by atoms with Crippen LogP contribution >= 0.6 is 0 Å². The number of hydrogen-bond acceptors (Lipinski definition) is 5. The summed E-state index contributed by atoms with van der Waals surface area (Å²) in [6, 6.07) is 0. The zero-order chi connectivity index (χ0) is 13.4. The van der Waals surface area contributed by atoms with Crippen LogP contribution in [0.4, 0.5) is 0 Å². The maximum absolute atomic E-state index is 5.93. The Hall–Kier alpha value is 0.0169. The maximum atomic E-state index is 5.93. The van der Waals surface area contributed by atoms with Crippen molar-refractivity contribution >= 4 is 8.80 Å². The maximum Gasteiger partial charge on any atom is 0.533 e. The van der Waals surface area contributed by atoms with Crippen molar-refractivity contribution in [3.8, 4) is 0 Å². The predicted molar refractivity (Wildman–Crippen MR) is 70.2 cm³/mol. The highest BCUT2D eigenvalue weighted by Gasteiger charge is 2.53. The molecule has 0 N–H and O–H groups in total. The summed E-state index contributed by atoms with van der Waals surface area (Å²) in [7, 11) is -2.81. The van der Waals surface area contributed by atoms with Gasteiger partial charge in [0, 0.05) is 19.8 Å². The van der Waals surface area contributed by atoms with E-state index in [4.69, 9.17) is 22.8 Å². The average molecular weight is 278 g/mol. The fraction of sp³-hybridized carbons (Fsp3) is 1.00. The molecule has 5 nitrogen and oxygen atoms in total. The highest BCUT2D eigenvalue weighted by molar-refractivity contribution is 6.62. The monoisotopic (exact) mass is 278 g/mol. The van der Waals surface area contributed by atoms with Crippen molar-refractivity contribution in [2.75, 3.05) is 26.4 Å². The molecule has 0 saturated carbocycles. The summed E-state index contributed by atoms with van der Waals surface area (Å²) in [6.45, 7) is 10.5. The molecule has 2 atom stereocenters. The molecule has 0 radical (unpaired) electrons. The standard InChI is InChI=1S/C12H26O5Si/c1-5-9-13-12(6-2)18(15-7-3,16-8-4)17-11-10-14-11/h11-12H,5-10H2,1-4H3. The van der Waals surface area contributed by atoms with Gasteiger partial charge in [-0.25, -0.2) is 0 Å². The van der Waals surface area contributed by atoms with E-state index in [9.17, 15) is 0 Å². The van der Waals surface area contributed by atoms with Crippen LogP contribution < -0.4 is 0 Å². The molecule has 1 aliphatic heterocycles. The van der Waals surface area contributed by atoms with Gasteiger partial charge in [-0.15, -0.1) is 0 Å². The minimum Gasteiger partial charge on any atom is -0.374 e. The second-order valence-corrected chi connectivity index (χ2v) is 6.78. The molecule has 0 aromatic rings. The van der Waals surface area contributed by atoms with Crippen LogP contribution in [-0.2, 0) is 22.8 Å². The van der Waals surface area contributed by atoms with Crippen molar-refractivity contribution in [3.05, 3.63) is 0 Å². The highest BCUT2D eigenvalue weighted by atomic mass is 28.4. The number of hydrogen-bond donors (Lipinski definition) is 0. The first kappa shape index (κ1) is 16.1. The van der Waals surface area contributed by atoms with Gasteiger partial charge in [-0.05, 0) is 26.7 Å². The van der Waals surface area contributed by atoms with Gasteiger partial charge in [-0.3, -0.25) is 0 Å². The predicted octanol–water partition coefficient (Wildman–Crippen LogP) is 2.12. The summed E-state index contributed by atoms with van der Waals surface area (Å²) in [5.41, 5.74) is -0.110. The quantitative estimate of drug-likeness (QED) is 0.428. The third-order valence-corrected chi connectivity index (χ3v) is 5.91. The van der Waals surface area contributed by atoms with Crippen molar-refractivity contribution in [2.24, 2.45) is 0 Å². The molecule has 1 fully saturated rings. The minimum absolute atomic E-state index is 0.110. The van der Waals surface area contributed by atoms with E-state index in [1.807, 2.05) is 13.8 Å². The van der Waals surface area contributed by atoms with Gasteiger partial charge in [-0.1, -0.05) is 13.8 Å². The van der Waals surface area contributed by atoms with Crippen LogP contribution in [0.5, 0.6) is 0 Å². The minimum atomic E-state index is -2.81. The van der Waals surface area contributed by atoms with E-state index in [1.165, 1.54) is 0 Å². The van der Waals surface area contributed by atoms with Gasteiger partial charge in [0.2, 0.25) is 0 Å². The molecular formula is C12H26O5Si. The first-order valence-electron chi connectivity index (χ1n) is 6.91. The number of rotatable bonds is 11. The van der Waals surface area contributed by atoms with E-state index < -0.39 is 8.80 Å². The summed E-state index contributed by atoms with van der Waals surface area (Å²) in [5, 5.41) is 0. The fourth-order valence-electron chi connectivity index (χ4n) is 1.79. The van der Waals surface area contributed by atoms with Gasteiger partial charge in [0.25, 0.3) is 0 Å². The first-order chi connectivity index (χ1) is 8.72. The molecule has 1 saturated heterocycles. The summed E-state index contributed by atoms with van der Waals surface area (Å²) in [6.07, 6.45) is 1.62. The summed E-state index contributed by atoms with van der Waals surface area (Å²) < 4.78 is 28.7. The molecule has 6 heteroatoms. The molecule has 0 aromatic heterocycles. The van der Waals surface area contributed by atoms with Crippen LogP contribution in [0.2, 0.25) is 0 Å². The summed E-state index contributed by atoms with van der Waals surface area (Å²) >= 11 is 0. The lowest BCUT2D eigenvalue weighted by molar-refractivity contribution is -0.0305. The van der Waals surface area contributed by atoms with Crippen LogP contribution in [0, 0.1) is 0 Å². The molecule has 1 rings (SSSR count). The smallest absolute Gasteiger partial charge is 0.374 e. The van der Waals surface area contributed by atoms with Crippen molar-refractivity contribution in [1.29, 1.82) is 0 Å². The Kier molecular flexibility index (Phi) is 7.36. The van der Waals surface area contributed by atoms with Gasteiger partial charge >= 0.3 is 8.80 Å². The van der Waals surface area contributed by atoms with E-state index in [1.54, 1.807) is 0 Å². The van der Waals surface area contributed by atoms with Crippen LogP contribution in [0.1, 0.15) is 40.5 Å². The highest BCUT2D eigenvalue weighted by Crippen LogP contribution is 2.26. The van der Waals surface area contributed by atoms with Crippen molar-refractivity contribution in [3.63, 3.8) is 0 Å². The van der Waals surface area contributed by atoms with Gasteiger partial charge in [0.05, 0.1) is 0 Å². The normalized spacial score (nSPS) is 21.0. The second-order valence-electron chi connectivity index (χ2n) is 4.12. The third kappa shape index (κ3) is 4.60. The molecule has 1 aliphatic rings. The van der Waals surface area contributed by atoms with Gasteiger partial charge in [-0.2, -0.15) is 0 Å². The van der Waals surface area contributed by atoms with E-state index >= 15 is 0 Å². The Bertz CT molecular complexity index is 217. The lowest BCUT2D eigenvalue weighted by Crippen LogP contribution is -2.58. The van der Waals surface area contributed by atoms with Crippen LogP contribution in [0.3, 0.4) is 0 Å². The molecule has 108 valence electrons. The van der Waals surface area contributed by atoms with Gasteiger partial charge < -0.3 is 22.8 Å². The first-order valence-corrected chi connectivity index (χ1v) is 8.71. The molecule has 18 heavy (non-hydrogen) atoms. The molecule has 0 aliphatic carbocycles. The van der Waals surface area contributed by atoms with E-state index in [2.05, 4.69) is 13.8 Å². The lowest BCUT2D eigenvalue weighted by atomic mass is 10.5. The topological polar surface area (TPSA) is 49.5 Å². The van der Waals surface area contributed by atoms with Crippen molar-refractivity contribution < 1.29 is 22.8 Å².